The first-order valence-electron chi connectivity index (χ1n) is 6.72. The Morgan fingerprint density at radius 3 is 2.62 bits per heavy atom. The third kappa shape index (κ3) is 8.33. The number of rotatable bonds is 11. The molecular formula is C13H21BrNO4PS. The molecule has 0 aliphatic rings. The first kappa shape index (κ1) is 19.1. The number of hydrogen-bond donors (Lipinski definition) is 0. The Labute approximate surface area is 138 Å². The number of ether oxygens (including phenoxy) is 1. The van der Waals surface area contributed by atoms with Gasteiger partial charge in [-0.25, -0.2) is 0 Å². The zero-order valence-electron chi connectivity index (χ0n) is 12.3. The minimum atomic E-state index is -3.08. The van der Waals surface area contributed by atoms with Crippen LogP contribution in [0.5, 0.6) is 0 Å². The molecule has 0 aromatic carbocycles. The van der Waals surface area contributed by atoms with Gasteiger partial charge in [0.15, 0.2) is 0 Å². The van der Waals surface area contributed by atoms with Crippen LogP contribution in [0.25, 0.3) is 0 Å². The molecule has 1 heterocycles. The summed E-state index contributed by atoms with van der Waals surface area (Å²) in [4.78, 5) is 4.11. The molecular weight excluding hydrogens is 377 g/mol. The molecule has 0 atom stereocenters. The average molecular weight is 398 g/mol. The number of hydrogen-bond acceptors (Lipinski definition) is 6. The molecule has 0 amide bonds. The van der Waals surface area contributed by atoms with Crippen molar-refractivity contribution in [2.45, 2.75) is 19.6 Å². The third-order valence-corrected chi connectivity index (χ3v) is 5.53. The Morgan fingerprint density at radius 2 is 2.00 bits per heavy atom. The van der Waals surface area contributed by atoms with E-state index in [0.29, 0.717) is 19.8 Å². The molecule has 1 aromatic rings. The van der Waals surface area contributed by atoms with Crippen LogP contribution >= 0.6 is 35.3 Å². The minimum absolute atomic E-state index is 0.00762. The van der Waals surface area contributed by atoms with Crippen molar-refractivity contribution in [3.63, 3.8) is 0 Å². The van der Waals surface area contributed by atoms with E-state index >= 15 is 0 Å². The van der Waals surface area contributed by atoms with Gasteiger partial charge in [-0.15, -0.1) is 0 Å². The molecule has 120 valence electrons. The van der Waals surface area contributed by atoms with Crippen LogP contribution in [-0.2, 0) is 24.1 Å². The largest absolute Gasteiger partial charge is 0.368 e. The monoisotopic (exact) mass is 397 g/mol. The van der Waals surface area contributed by atoms with E-state index in [2.05, 4.69) is 20.9 Å². The van der Waals surface area contributed by atoms with Crippen LogP contribution in [0, 0.1) is 0 Å². The van der Waals surface area contributed by atoms with Crippen LogP contribution in [0.3, 0.4) is 0 Å². The summed E-state index contributed by atoms with van der Waals surface area (Å²) in [6.07, 6.45) is 3.61. The number of thioether (sulfide) groups is 1. The molecule has 21 heavy (non-hydrogen) atoms. The van der Waals surface area contributed by atoms with Gasteiger partial charge in [0, 0.05) is 28.4 Å². The standard InChI is InChI=1S/C13H21BrNO4PS/c1-3-18-20(16,19-4-2)11-17-5-6-21-10-12-7-13(14)9-15-8-12/h7-9H,3-6,10-11H2,1-2H3. The van der Waals surface area contributed by atoms with Gasteiger partial charge in [-0.3, -0.25) is 9.55 Å². The SMILES string of the molecule is CCOP(=O)(COCCSCc1cncc(Br)c1)OCC. The highest BCUT2D eigenvalue weighted by Gasteiger charge is 2.23. The summed E-state index contributed by atoms with van der Waals surface area (Å²) in [5.74, 6) is 1.68. The highest BCUT2D eigenvalue weighted by atomic mass is 79.9. The summed E-state index contributed by atoms with van der Waals surface area (Å²) >= 11 is 5.13. The molecule has 0 N–H and O–H groups in total. The van der Waals surface area contributed by atoms with E-state index in [1.165, 1.54) is 0 Å². The highest BCUT2D eigenvalue weighted by Crippen LogP contribution is 2.47. The molecule has 0 fully saturated rings. The van der Waals surface area contributed by atoms with Gasteiger partial charge < -0.3 is 13.8 Å². The maximum absolute atomic E-state index is 12.1. The number of halogens is 1. The van der Waals surface area contributed by atoms with Crippen LogP contribution in [0.2, 0.25) is 0 Å². The molecule has 0 bridgehead atoms. The summed E-state index contributed by atoms with van der Waals surface area (Å²) in [7, 11) is -3.08. The summed E-state index contributed by atoms with van der Waals surface area (Å²) in [6, 6.07) is 2.04. The van der Waals surface area contributed by atoms with Crippen LogP contribution in [0.1, 0.15) is 19.4 Å². The second kappa shape index (κ2) is 10.8. The Morgan fingerprint density at radius 1 is 1.29 bits per heavy atom. The molecule has 5 nitrogen and oxygen atoms in total. The quantitative estimate of drug-likeness (QED) is 0.409. The lowest BCUT2D eigenvalue weighted by Crippen LogP contribution is -2.05. The fraction of sp³-hybridized carbons (Fsp3) is 0.615. The van der Waals surface area contributed by atoms with E-state index < -0.39 is 7.60 Å². The van der Waals surface area contributed by atoms with Gasteiger partial charge in [-0.1, -0.05) is 0 Å². The zero-order chi connectivity index (χ0) is 15.6. The van der Waals surface area contributed by atoms with E-state index in [0.717, 1.165) is 21.5 Å². The van der Waals surface area contributed by atoms with Gasteiger partial charge in [0.1, 0.15) is 6.35 Å². The summed E-state index contributed by atoms with van der Waals surface area (Å²) in [5, 5.41) is 0. The molecule has 0 unspecified atom stereocenters. The molecule has 0 saturated heterocycles. The first-order valence-corrected chi connectivity index (χ1v) is 10.4. The summed E-state index contributed by atoms with van der Waals surface area (Å²) < 4.78 is 28.8. The van der Waals surface area contributed by atoms with Crippen LogP contribution in [0.15, 0.2) is 22.9 Å². The van der Waals surface area contributed by atoms with Crippen molar-refractivity contribution in [1.29, 1.82) is 0 Å². The topological polar surface area (TPSA) is 57.7 Å². The van der Waals surface area contributed by atoms with E-state index in [4.69, 9.17) is 13.8 Å². The van der Waals surface area contributed by atoms with E-state index in [1.807, 2.05) is 12.3 Å². The zero-order valence-corrected chi connectivity index (χ0v) is 15.6. The lowest BCUT2D eigenvalue weighted by atomic mass is 10.3. The van der Waals surface area contributed by atoms with E-state index in [9.17, 15) is 4.57 Å². The molecule has 0 aliphatic heterocycles. The van der Waals surface area contributed by atoms with Gasteiger partial charge in [0.05, 0.1) is 19.8 Å². The molecule has 0 aliphatic carbocycles. The molecule has 1 rings (SSSR count). The summed E-state index contributed by atoms with van der Waals surface area (Å²) in [6.45, 7) is 4.79. The van der Waals surface area contributed by atoms with Crippen molar-refractivity contribution in [1.82, 2.24) is 4.98 Å². The maximum Gasteiger partial charge on any atom is 0.356 e. The van der Waals surface area contributed by atoms with Gasteiger partial charge >= 0.3 is 7.60 Å². The highest BCUT2D eigenvalue weighted by molar-refractivity contribution is 9.10. The smallest absolute Gasteiger partial charge is 0.356 e. The molecule has 1 aromatic heterocycles. The van der Waals surface area contributed by atoms with Crippen LogP contribution < -0.4 is 0 Å². The second-order valence-electron chi connectivity index (χ2n) is 4.05. The number of aromatic nitrogens is 1. The predicted octanol–water partition coefficient (Wildman–Crippen LogP) is 4.32. The maximum atomic E-state index is 12.1. The van der Waals surface area contributed by atoms with Crippen LogP contribution in [-0.4, -0.2) is 36.9 Å². The Bertz CT molecular complexity index is 454. The lowest BCUT2D eigenvalue weighted by molar-refractivity contribution is 0.142. The van der Waals surface area contributed by atoms with Crippen LogP contribution in [0.4, 0.5) is 0 Å². The average Bonchev–Trinajstić information content (AvgIpc) is 2.43. The fourth-order valence-corrected chi connectivity index (χ4v) is 4.07. The molecule has 8 heteroatoms. The van der Waals surface area contributed by atoms with Crippen molar-refractivity contribution in [3.8, 4) is 0 Å². The van der Waals surface area contributed by atoms with Gasteiger partial charge in [0.25, 0.3) is 0 Å². The minimum Gasteiger partial charge on any atom is -0.368 e. The Hall–Kier alpha value is 0.0900. The lowest BCUT2D eigenvalue weighted by Gasteiger charge is -2.16. The van der Waals surface area contributed by atoms with Gasteiger partial charge in [-0.2, -0.15) is 11.8 Å². The Kier molecular flexibility index (Phi) is 9.80. The van der Waals surface area contributed by atoms with E-state index in [-0.39, 0.29) is 6.35 Å². The molecule has 0 spiro atoms. The normalized spacial score (nSPS) is 11.8. The second-order valence-corrected chi connectivity index (χ2v) is 8.07. The van der Waals surface area contributed by atoms with E-state index in [1.54, 1.807) is 31.8 Å². The van der Waals surface area contributed by atoms with Gasteiger partial charge in [-0.05, 0) is 41.4 Å². The fourth-order valence-electron chi connectivity index (χ4n) is 1.52. The number of nitrogens with zero attached hydrogens (tertiary/aromatic N) is 1. The summed E-state index contributed by atoms with van der Waals surface area (Å²) in [5.41, 5.74) is 1.16. The molecule has 0 saturated carbocycles. The van der Waals surface area contributed by atoms with Crippen molar-refractivity contribution >= 4 is 35.3 Å². The van der Waals surface area contributed by atoms with Gasteiger partial charge in [0.2, 0.25) is 0 Å². The number of pyridine rings is 1. The van der Waals surface area contributed by atoms with Crippen molar-refractivity contribution < 1.29 is 18.3 Å². The van der Waals surface area contributed by atoms with Crippen molar-refractivity contribution in [2.24, 2.45) is 0 Å². The predicted molar refractivity (Wildman–Crippen MR) is 89.8 cm³/mol. The Balaban J connectivity index is 2.17. The first-order chi connectivity index (χ1) is 10.1. The van der Waals surface area contributed by atoms with Crippen molar-refractivity contribution in [2.75, 3.05) is 31.9 Å². The third-order valence-electron chi connectivity index (χ3n) is 2.30. The molecule has 0 radical (unpaired) electrons. The van der Waals surface area contributed by atoms with Crippen molar-refractivity contribution in [3.05, 3.63) is 28.5 Å².